The van der Waals surface area contributed by atoms with Gasteiger partial charge in [0.2, 0.25) is 11.8 Å². The summed E-state index contributed by atoms with van der Waals surface area (Å²) in [4.78, 5) is 28.8. The smallest absolute Gasteiger partial charge is 0.264 e. The van der Waals surface area contributed by atoms with E-state index in [9.17, 15) is 18.0 Å². The predicted molar refractivity (Wildman–Crippen MR) is 161 cm³/mol. The van der Waals surface area contributed by atoms with Crippen molar-refractivity contribution in [1.82, 2.24) is 10.2 Å². The molecule has 40 heavy (non-hydrogen) atoms. The maximum Gasteiger partial charge on any atom is 0.264 e. The molecular weight excluding hydrogens is 569 g/mol. The maximum absolute atomic E-state index is 14.1. The van der Waals surface area contributed by atoms with Crippen LogP contribution in [-0.2, 0) is 26.2 Å². The lowest BCUT2D eigenvalue weighted by Crippen LogP contribution is -2.53. The zero-order valence-corrected chi connectivity index (χ0v) is 25.4. The summed E-state index contributed by atoms with van der Waals surface area (Å²) < 4.78 is 28.8. The Labute approximate surface area is 247 Å². The van der Waals surface area contributed by atoms with Crippen molar-refractivity contribution in [2.24, 2.45) is 0 Å². The molecule has 2 amide bonds. The van der Waals surface area contributed by atoms with E-state index in [4.69, 9.17) is 23.2 Å². The molecular formula is C30H35Cl2N3O4S. The maximum atomic E-state index is 14.1. The molecule has 0 aromatic heterocycles. The molecule has 0 unspecified atom stereocenters. The van der Waals surface area contributed by atoms with E-state index >= 15 is 0 Å². The Balaban J connectivity index is 2.08. The summed E-state index contributed by atoms with van der Waals surface area (Å²) in [5, 5.41) is 3.56. The molecule has 3 rings (SSSR count). The number of benzene rings is 3. The van der Waals surface area contributed by atoms with Crippen LogP contribution in [0.3, 0.4) is 0 Å². The fourth-order valence-corrected chi connectivity index (χ4v) is 6.09. The van der Waals surface area contributed by atoms with Gasteiger partial charge in [0.05, 0.1) is 15.6 Å². The van der Waals surface area contributed by atoms with Crippen LogP contribution in [0.4, 0.5) is 5.69 Å². The van der Waals surface area contributed by atoms with Crippen molar-refractivity contribution in [1.29, 1.82) is 0 Å². The molecule has 0 saturated heterocycles. The third kappa shape index (κ3) is 7.56. The Hall–Kier alpha value is -3.07. The normalized spacial score (nSPS) is 12.8. The van der Waals surface area contributed by atoms with Crippen molar-refractivity contribution in [3.63, 3.8) is 0 Å². The lowest BCUT2D eigenvalue weighted by molar-refractivity contribution is -0.140. The van der Waals surface area contributed by atoms with E-state index in [1.165, 1.54) is 17.0 Å². The standard InChI is InChI=1S/C30H35Cl2N3O4S/c1-5-22(4)33-30(37)27(6-2)34(19-23-11-7-8-12-25(23)31)29(36)20-35(28-14-10-9-13-26(28)32)40(38,39)24-17-15-21(3)16-18-24/h7-18,22,27H,5-6,19-20H2,1-4H3,(H,33,37)/t22-,27+/m0/s1. The van der Waals surface area contributed by atoms with E-state index in [0.29, 0.717) is 17.0 Å². The highest BCUT2D eigenvalue weighted by atomic mass is 35.5. The number of carbonyl (C=O) groups is 2. The van der Waals surface area contributed by atoms with Gasteiger partial charge in [-0.3, -0.25) is 13.9 Å². The van der Waals surface area contributed by atoms with Gasteiger partial charge in [-0.25, -0.2) is 8.42 Å². The number of sulfonamides is 1. The minimum atomic E-state index is -4.20. The number of aryl methyl sites for hydroxylation is 1. The van der Waals surface area contributed by atoms with Crippen LogP contribution >= 0.6 is 23.2 Å². The van der Waals surface area contributed by atoms with Crippen molar-refractivity contribution in [2.75, 3.05) is 10.8 Å². The summed E-state index contributed by atoms with van der Waals surface area (Å²) in [6, 6.07) is 18.9. The first-order valence-electron chi connectivity index (χ1n) is 13.2. The zero-order valence-electron chi connectivity index (χ0n) is 23.1. The molecule has 214 valence electrons. The Morgan fingerprint density at radius 1 is 0.875 bits per heavy atom. The first-order valence-corrected chi connectivity index (χ1v) is 15.4. The molecule has 0 saturated carbocycles. The molecule has 0 fully saturated rings. The van der Waals surface area contributed by atoms with Gasteiger partial charge in [-0.2, -0.15) is 0 Å². The highest BCUT2D eigenvalue weighted by molar-refractivity contribution is 7.92. The average Bonchev–Trinajstić information content (AvgIpc) is 2.93. The van der Waals surface area contributed by atoms with E-state index in [0.717, 1.165) is 16.3 Å². The van der Waals surface area contributed by atoms with Crippen LogP contribution in [-0.4, -0.2) is 43.8 Å². The molecule has 0 aliphatic carbocycles. The summed E-state index contributed by atoms with van der Waals surface area (Å²) in [5.41, 5.74) is 1.69. The zero-order chi connectivity index (χ0) is 29.4. The van der Waals surface area contributed by atoms with Crippen molar-refractivity contribution in [3.8, 4) is 0 Å². The van der Waals surface area contributed by atoms with Crippen molar-refractivity contribution >= 4 is 50.7 Å². The minimum absolute atomic E-state index is 0.0185. The van der Waals surface area contributed by atoms with Gasteiger partial charge in [-0.15, -0.1) is 0 Å². The molecule has 0 aliphatic heterocycles. The van der Waals surface area contributed by atoms with Crippen LogP contribution in [0, 0.1) is 6.92 Å². The quantitative estimate of drug-likeness (QED) is 0.266. The highest BCUT2D eigenvalue weighted by Gasteiger charge is 2.34. The largest absolute Gasteiger partial charge is 0.352 e. The second kappa shape index (κ2) is 14.0. The van der Waals surface area contributed by atoms with Crippen molar-refractivity contribution in [2.45, 2.75) is 64.1 Å². The third-order valence-corrected chi connectivity index (χ3v) is 9.16. The van der Waals surface area contributed by atoms with Crippen LogP contribution in [0.15, 0.2) is 77.7 Å². The van der Waals surface area contributed by atoms with Crippen LogP contribution in [0.2, 0.25) is 10.0 Å². The topological polar surface area (TPSA) is 86.8 Å². The second-order valence-electron chi connectivity index (χ2n) is 9.63. The SMILES string of the molecule is CC[C@H](C(=O)N[C@@H](C)CC)N(Cc1ccccc1Cl)C(=O)CN(c1ccccc1Cl)S(=O)(=O)c1ccc(C)cc1. The van der Waals surface area contributed by atoms with Crippen molar-refractivity contribution in [3.05, 3.63) is 94.0 Å². The van der Waals surface area contributed by atoms with Crippen LogP contribution in [0.5, 0.6) is 0 Å². The lowest BCUT2D eigenvalue weighted by Gasteiger charge is -2.34. The van der Waals surface area contributed by atoms with Crippen molar-refractivity contribution < 1.29 is 18.0 Å². The van der Waals surface area contributed by atoms with E-state index in [1.807, 2.05) is 27.7 Å². The van der Waals surface area contributed by atoms with Crippen LogP contribution in [0.1, 0.15) is 44.7 Å². The predicted octanol–water partition coefficient (Wildman–Crippen LogP) is 6.22. The summed E-state index contributed by atoms with van der Waals surface area (Å²) in [7, 11) is -4.20. The number of nitrogens with zero attached hydrogens (tertiary/aromatic N) is 2. The molecule has 0 heterocycles. The first kappa shape index (κ1) is 31.5. The molecule has 10 heteroatoms. The van der Waals surface area contributed by atoms with Gasteiger partial charge in [0.25, 0.3) is 10.0 Å². The summed E-state index contributed by atoms with van der Waals surface area (Å²) in [5.74, 6) is -0.885. The van der Waals surface area contributed by atoms with Gasteiger partial charge in [-0.05, 0) is 62.6 Å². The highest BCUT2D eigenvalue weighted by Crippen LogP contribution is 2.31. The van der Waals surface area contributed by atoms with Crippen LogP contribution in [0.25, 0.3) is 0 Å². The third-order valence-electron chi connectivity index (χ3n) is 6.69. The molecule has 7 nitrogen and oxygen atoms in total. The first-order chi connectivity index (χ1) is 19.0. The number of hydrogen-bond acceptors (Lipinski definition) is 4. The van der Waals surface area contributed by atoms with Gasteiger partial charge in [0.1, 0.15) is 12.6 Å². The molecule has 1 N–H and O–H groups in total. The molecule has 0 bridgehead atoms. The number of anilines is 1. The summed E-state index contributed by atoms with van der Waals surface area (Å²) >= 11 is 12.9. The Morgan fingerprint density at radius 3 is 2.05 bits per heavy atom. The fraction of sp³-hybridized carbons (Fsp3) is 0.333. The lowest BCUT2D eigenvalue weighted by atomic mass is 10.1. The van der Waals surface area contributed by atoms with Gasteiger partial charge < -0.3 is 10.2 Å². The Bertz CT molecular complexity index is 1430. The van der Waals surface area contributed by atoms with Gasteiger partial charge in [0.15, 0.2) is 0 Å². The Kier molecular flexibility index (Phi) is 11.0. The molecule has 0 aliphatic rings. The van der Waals surface area contributed by atoms with Gasteiger partial charge >= 0.3 is 0 Å². The van der Waals surface area contributed by atoms with Gasteiger partial charge in [-0.1, -0.05) is 85.1 Å². The molecule has 2 atom stereocenters. The minimum Gasteiger partial charge on any atom is -0.352 e. The van der Waals surface area contributed by atoms with E-state index in [-0.39, 0.29) is 34.1 Å². The average molecular weight is 605 g/mol. The van der Waals surface area contributed by atoms with E-state index < -0.39 is 28.5 Å². The van der Waals surface area contributed by atoms with Crippen LogP contribution < -0.4 is 9.62 Å². The molecule has 3 aromatic carbocycles. The van der Waals surface area contributed by atoms with Gasteiger partial charge in [0, 0.05) is 17.6 Å². The number of para-hydroxylation sites is 1. The second-order valence-corrected chi connectivity index (χ2v) is 12.3. The number of carbonyl (C=O) groups excluding carboxylic acids is 2. The number of nitrogens with one attached hydrogen (secondary N) is 1. The monoisotopic (exact) mass is 603 g/mol. The number of amides is 2. The molecule has 0 radical (unpaired) electrons. The number of halogens is 2. The Morgan fingerprint density at radius 2 is 1.48 bits per heavy atom. The summed E-state index contributed by atoms with van der Waals surface area (Å²) in [6.07, 6.45) is 1.03. The summed E-state index contributed by atoms with van der Waals surface area (Å²) in [6.45, 7) is 6.95. The molecule has 3 aromatic rings. The van der Waals surface area contributed by atoms with E-state index in [2.05, 4.69) is 5.32 Å². The number of hydrogen-bond donors (Lipinski definition) is 1. The number of rotatable bonds is 12. The molecule has 0 spiro atoms. The fourth-order valence-electron chi connectivity index (χ4n) is 4.18. The van der Waals surface area contributed by atoms with E-state index in [1.54, 1.807) is 60.7 Å².